The molecule has 2 aliphatic rings. The summed E-state index contributed by atoms with van der Waals surface area (Å²) in [7, 11) is 3.24. The number of fused-ring (bicyclic) bond motifs is 1. The molecule has 1 atom stereocenters. The van der Waals surface area contributed by atoms with Gasteiger partial charge in [0.25, 0.3) is 5.91 Å². The minimum atomic E-state index is -0.150. The van der Waals surface area contributed by atoms with E-state index in [0.717, 1.165) is 62.3 Å². The number of methoxy groups -OCH3 is 2. The summed E-state index contributed by atoms with van der Waals surface area (Å²) in [6, 6.07) is 11.8. The van der Waals surface area contributed by atoms with Gasteiger partial charge in [0.1, 0.15) is 0 Å². The zero-order valence-corrected chi connectivity index (χ0v) is 21.9. The van der Waals surface area contributed by atoms with Crippen LogP contribution in [-0.2, 0) is 11.3 Å². The first-order chi connectivity index (χ1) is 17.5. The van der Waals surface area contributed by atoms with Gasteiger partial charge in [0.15, 0.2) is 11.5 Å². The van der Waals surface area contributed by atoms with Gasteiger partial charge in [-0.2, -0.15) is 0 Å². The Morgan fingerprint density at radius 2 is 1.81 bits per heavy atom. The molecule has 2 aliphatic heterocycles. The van der Waals surface area contributed by atoms with E-state index in [9.17, 15) is 9.59 Å². The van der Waals surface area contributed by atoms with E-state index in [1.165, 1.54) is 12.6 Å². The van der Waals surface area contributed by atoms with Crippen LogP contribution in [0.25, 0.3) is 0 Å². The Kier molecular flexibility index (Phi) is 8.36. The molecule has 194 valence electrons. The summed E-state index contributed by atoms with van der Waals surface area (Å²) in [5, 5.41) is 2.87. The fourth-order valence-corrected chi connectivity index (χ4v) is 5.31. The molecule has 8 nitrogen and oxygen atoms in total. The number of amides is 2. The predicted molar refractivity (Wildman–Crippen MR) is 141 cm³/mol. The fraction of sp³-hybridized carbons (Fsp3) is 0.500. The molecule has 1 saturated heterocycles. The number of hydrogen-bond donors (Lipinski definition) is 1. The van der Waals surface area contributed by atoms with E-state index in [1.807, 2.05) is 35.2 Å². The lowest BCUT2D eigenvalue weighted by Crippen LogP contribution is -2.46. The highest BCUT2D eigenvalue weighted by Gasteiger charge is 2.36. The molecule has 1 N–H and O–H groups in total. The topological polar surface area (TPSA) is 74.3 Å². The highest BCUT2D eigenvalue weighted by Crippen LogP contribution is 2.40. The summed E-state index contributed by atoms with van der Waals surface area (Å²) in [5.74, 6) is 1.30. The predicted octanol–water partition coefficient (Wildman–Crippen LogP) is 3.46. The van der Waals surface area contributed by atoms with Gasteiger partial charge < -0.3 is 29.5 Å². The molecule has 0 radical (unpaired) electrons. The summed E-state index contributed by atoms with van der Waals surface area (Å²) in [6.45, 7) is 9.94. The van der Waals surface area contributed by atoms with E-state index in [-0.39, 0.29) is 17.9 Å². The molecular formula is C28H38N4O4. The minimum Gasteiger partial charge on any atom is -0.493 e. The van der Waals surface area contributed by atoms with Crippen LogP contribution in [0.1, 0.15) is 54.2 Å². The Hall–Kier alpha value is -3.26. The van der Waals surface area contributed by atoms with Crippen molar-refractivity contribution in [3.8, 4) is 11.5 Å². The summed E-state index contributed by atoms with van der Waals surface area (Å²) < 4.78 is 11.0. The maximum atomic E-state index is 13.7. The number of hydrogen-bond acceptors (Lipinski definition) is 6. The molecular weight excluding hydrogens is 456 g/mol. The summed E-state index contributed by atoms with van der Waals surface area (Å²) in [4.78, 5) is 32.0. The van der Waals surface area contributed by atoms with Gasteiger partial charge in [-0.15, -0.1) is 0 Å². The maximum Gasteiger partial charge on any atom is 0.255 e. The fourth-order valence-electron chi connectivity index (χ4n) is 5.31. The van der Waals surface area contributed by atoms with Crippen LogP contribution < -0.4 is 19.7 Å². The third kappa shape index (κ3) is 5.43. The molecule has 36 heavy (non-hydrogen) atoms. The number of carbonyl (C=O) groups excluding carboxylic acids is 2. The quantitative estimate of drug-likeness (QED) is 0.510. The third-order valence-corrected chi connectivity index (χ3v) is 7.33. The van der Waals surface area contributed by atoms with Crippen molar-refractivity contribution in [3.05, 3.63) is 53.1 Å². The van der Waals surface area contributed by atoms with E-state index in [2.05, 4.69) is 28.1 Å². The highest BCUT2D eigenvalue weighted by molar-refractivity contribution is 6.00. The first kappa shape index (κ1) is 25.8. The first-order valence-electron chi connectivity index (χ1n) is 12.8. The normalized spacial score (nSPS) is 16.6. The van der Waals surface area contributed by atoms with Gasteiger partial charge in [0.2, 0.25) is 5.91 Å². The van der Waals surface area contributed by atoms with Crippen LogP contribution in [0.15, 0.2) is 36.4 Å². The lowest BCUT2D eigenvalue weighted by molar-refractivity contribution is -0.118. The summed E-state index contributed by atoms with van der Waals surface area (Å²) in [5.41, 5.74) is 4.07. The number of benzene rings is 2. The zero-order chi connectivity index (χ0) is 25.7. The molecule has 4 rings (SSSR count). The number of nitrogens with zero attached hydrogens (tertiary/aromatic N) is 3. The Balaban J connectivity index is 1.61. The van der Waals surface area contributed by atoms with Crippen molar-refractivity contribution in [2.45, 2.75) is 39.3 Å². The molecule has 0 bridgehead atoms. The molecule has 0 unspecified atom stereocenters. The molecule has 0 aliphatic carbocycles. The molecule has 2 amide bonds. The molecule has 0 saturated carbocycles. The summed E-state index contributed by atoms with van der Waals surface area (Å²) in [6.07, 6.45) is 1.48. The van der Waals surface area contributed by atoms with Crippen molar-refractivity contribution in [2.75, 3.05) is 58.4 Å². The SMILES string of the molecule is CCN1CCN(c2cccc3c2CN([C@H](CCCNC(C)=O)c2ccc(OC)c(OC)c2)C3=O)CC1. The van der Waals surface area contributed by atoms with Crippen LogP contribution in [0.4, 0.5) is 5.69 Å². The van der Waals surface area contributed by atoms with E-state index in [1.54, 1.807) is 14.2 Å². The highest BCUT2D eigenvalue weighted by atomic mass is 16.5. The van der Waals surface area contributed by atoms with E-state index in [4.69, 9.17) is 9.47 Å². The number of piperazine rings is 1. The van der Waals surface area contributed by atoms with E-state index >= 15 is 0 Å². The number of nitrogens with one attached hydrogen (secondary N) is 1. The van der Waals surface area contributed by atoms with Gasteiger partial charge in [-0.05, 0) is 49.2 Å². The van der Waals surface area contributed by atoms with Gasteiger partial charge in [-0.25, -0.2) is 0 Å². The lowest BCUT2D eigenvalue weighted by Gasteiger charge is -2.36. The zero-order valence-electron chi connectivity index (χ0n) is 21.9. The Morgan fingerprint density at radius 1 is 1.06 bits per heavy atom. The Bertz CT molecular complexity index is 1080. The van der Waals surface area contributed by atoms with Crippen LogP contribution >= 0.6 is 0 Å². The number of anilines is 1. The van der Waals surface area contributed by atoms with Gasteiger partial charge in [-0.3, -0.25) is 9.59 Å². The standard InChI is InChI=1S/C28H38N4O4/c1-5-30-14-16-31(17-15-30)25-9-6-8-22-23(25)19-32(28(22)34)24(10-7-13-29-20(2)33)21-11-12-26(35-3)27(18-21)36-4/h6,8-9,11-12,18,24H,5,7,10,13-17,19H2,1-4H3,(H,29,33)/t24-/m1/s1. The maximum absolute atomic E-state index is 13.7. The molecule has 1 fully saturated rings. The van der Waals surface area contributed by atoms with Crippen LogP contribution in [0, 0.1) is 0 Å². The largest absolute Gasteiger partial charge is 0.493 e. The van der Waals surface area contributed by atoms with Crippen LogP contribution in [0.5, 0.6) is 11.5 Å². The molecule has 0 spiro atoms. The van der Waals surface area contributed by atoms with Crippen molar-refractivity contribution in [2.24, 2.45) is 0 Å². The van der Waals surface area contributed by atoms with Crippen molar-refractivity contribution in [1.82, 2.24) is 15.1 Å². The third-order valence-electron chi connectivity index (χ3n) is 7.33. The van der Waals surface area contributed by atoms with Crippen molar-refractivity contribution < 1.29 is 19.1 Å². The average Bonchev–Trinajstić information content (AvgIpc) is 3.24. The average molecular weight is 495 g/mol. The molecule has 2 aromatic rings. The number of ether oxygens (including phenoxy) is 2. The van der Waals surface area contributed by atoms with Gasteiger partial charge in [0, 0.05) is 63.0 Å². The Labute approximate surface area is 214 Å². The van der Waals surface area contributed by atoms with Crippen molar-refractivity contribution in [1.29, 1.82) is 0 Å². The Morgan fingerprint density at radius 3 is 2.47 bits per heavy atom. The molecule has 2 aromatic carbocycles. The van der Waals surface area contributed by atoms with Gasteiger partial charge in [-0.1, -0.05) is 19.1 Å². The van der Waals surface area contributed by atoms with Gasteiger partial charge in [0.05, 0.1) is 20.3 Å². The van der Waals surface area contributed by atoms with Crippen molar-refractivity contribution in [3.63, 3.8) is 0 Å². The minimum absolute atomic E-state index is 0.0462. The second-order valence-corrected chi connectivity index (χ2v) is 9.41. The molecule has 0 aromatic heterocycles. The second-order valence-electron chi connectivity index (χ2n) is 9.41. The molecule has 2 heterocycles. The van der Waals surface area contributed by atoms with Crippen molar-refractivity contribution >= 4 is 17.5 Å². The number of carbonyl (C=O) groups is 2. The van der Waals surface area contributed by atoms with E-state index in [0.29, 0.717) is 24.6 Å². The molecule has 8 heteroatoms. The van der Waals surface area contributed by atoms with Crippen LogP contribution in [0.2, 0.25) is 0 Å². The lowest BCUT2D eigenvalue weighted by atomic mass is 9.99. The van der Waals surface area contributed by atoms with E-state index < -0.39 is 0 Å². The smallest absolute Gasteiger partial charge is 0.255 e. The number of likely N-dealkylation sites (N-methyl/N-ethyl adjacent to an activating group) is 1. The summed E-state index contributed by atoms with van der Waals surface area (Å²) >= 11 is 0. The first-order valence-corrected chi connectivity index (χ1v) is 12.8. The monoisotopic (exact) mass is 494 g/mol. The second kappa shape index (κ2) is 11.6. The number of rotatable bonds is 10. The van der Waals surface area contributed by atoms with Crippen LogP contribution in [-0.4, -0.2) is 75.1 Å². The van der Waals surface area contributed by atoms with Crippen LogP contribution in [0.3, 0.4) is 0 Å². The van der Waals surface area contributed by atoms with Gasteiger partial charge >= 0.3 is 0 Å².